The Labute approximate surface area is 239 Å². The van der Waals surface area contributed by atoms with Crippen molar-refractivity contribution in [1.82, 2.24) is 14.5 Å². The van der Waals surface area contributed by atoms with Gasteiger partial charge in [0.15, 0.2) is 11.5 Å². The summed E-state index contributed by atoms with van der Waals surface area (Å²) >= 11 is 0. The first-order chi connectivity index (χ1) is 20.0. The van der Waals surface area contributed by atoms with Crippen molar-refractivity contribution in [3.05, 3.63) is 95.3 Å². The van der Waals surface area contributed by atoms with Gasteiger partial charge in [-0.25, -0.2) is 4.98 Å². The number of aromatic nitrogens is 2. The predicted molar refractivity (Wildman–Crippen MR) is 155 cm³/mol. The van der Waals surface area contributed by atoms with Crippen LogP contribution in [0.1, 0.15) is 42.3 Å². The highest BCUT2D eigenvalue weighted by Gasteiger charge is 2.21. The molecule has 0 fully saturated rings. The van der Waals surface area contributed by atoms with Crippen molar-refractivity contribution in [2.24, 2.45) is 4.99 Å². The van der Waals surface area contributed by atoms with Crippen LogP contribution in [-0.4, -0.2) is 41.1 Å². The van der Waals surface area contributed by atoms with Gasteiger partial charge < -0.3 is 18.8 Å². The molecule has 1 aromatic heterocycles. The molecule has 0 bridgehead atoms. The SMILES string of the molecule is CCCCn1c(-c2ccccc2)nc(C=NC)c1CN(Cc1ccc(OC(F)F)cc1)Cc1ccc2c(c1)OCO2. The minimum atomic E-state index is -2.86. The first-order valence-corrected chi connectivity index (χ1v) is 13.8. The van der Waals surface area contributed by atoms with Gasteiger partial charge in [0.25, 0.3) is 0 Å². The maximum absolute atomic E-state index is 12.7. The highest BCUT2D eigenvalue weighted by molar-refractivity contribution is 5.80. The van der Waals surface area contributed by atoms with Crippen LogP contribution in [0.15, 0.2) is 77.8 Å². The molecule has 0 aliphatic carbocycles. The van der Waals surface area contributed by atoms with Gasteiger partial charge in [-0.3, -0.25) is 9.89 Å². The molecule has 5 rings (SSSR count). The second kappa shape index (κ2) is 13.4. The molecule has 214 valence electrons. The number of hydrogen-bond acceptors (Lipinski definition) is 6. The number of alkyl halides is 2. The van der Waals surface area contributed by atoms with E-state index in [1.54, 1.807) is 19.2 Å². The highest BCUT2D eigenvalue weighted by atomic mass is 19.3. The van der Waals surface area contributed by atoms with Crippen LogP contribution < -0.4 is 14.2 Å². The minimum Gasteiger partial charge on any atom is -0.454 e. The first-order valence-electron chi connectivity index (χ1n) is 13.8. The van der Waals surface area contributed by atoms with E-state index in [0.717, 1.165) is 64.8 Å². The molecule has 7 nitrogen and oxygen atoms in total. The molecule has 0 saturated carbocycles. The molecule has 4 aromatic rings. The lowest BCUT2D eigenvalue weighted by molar-refractivity contribution is -0.0498. The summed E-state index contributed by atoms with van der Waals surface area (Å²) in [4.78, 5) is 11.7. The monoisotopic (exact) mass is 560 g/mol. The third-order valence-corrected chi connectivity index (χ3v) is 6.89. The van der Waals surface area contributed by atoms with Gasteiger partial charge >= 0.3 is 6.61 Å². The Morgan fingerprint density at radius 2 is 1.71 bits per heavy atom. The van der Waals surface area contributed by atoms with Crippen LogP contribution in [0.25, 0.3) is 11.4 Å². The van der Waals surface area contributed by atoms with E-state index in [0.29, 0.717) is 19.6 Å². The number of aliphatic imine (C=N–C) groups is 1. The van der Waals surface area contributed by atoms with Crippen molar-refractivity contribution in [3.8, 4) is 28.6 Å². The van der Waals surface area contributed by atoms with Crippen LogP contribution in [0.5, 0.6) is 17.2 Å². The Hall–Kier alpha value is -4.24. The molecule has 0 amide bonds. The number of hydrogen-bond donors (Lipinski definition) is 0. The number of fused-ring (bicyclic) bond motifs is 1. The zero-order chi connectivity index (χ0) is 28.6. The van der Waals surface area contributed by atoms with Crippen molar-refractivity contribution in [2.75, 3.05) is 13.8 Å². The molecule has 0 atom stereocenters. The van der Waals surface area contributed by atoms with Crippen molar-refractivity contribution >= 4 is 6.21 Å². The second-order valence-electron chi connectivity index (χ2n) is 9.88. The van der Waals surface area contributed by atoms with E-state index in [-0.39, 0.29) is 12.5 Å². The zero-order valence-corrected chi connectivity index (χ0v) is 23.3. The summed E-state index contributed by atoms with van der Waals surface area (Å²) in [6.45, 7) is 2.16. The lowest BCUT2D eigenvalue weighted by atomic mass is 10.1. The summed E-state index contributed by atoms with van der Waals surface area (Å²) in [7, 11) is 1.75. The van der Waals surface area contributed by atoms with Crippen molar-refractivity contribution < 1.29 is 23.0 Å². The molecule has 41 heavy (non-hydrogen) atoms. The first kappa shape index (κ1) is 28.3. The minimum absolute atomic E-state index is 0.137. The van der Waals surface area contributed by atoms with Crippen molar-refractivity contribution in [1.29, 1.82) is 0 Å². The van der Waals surface area contributed by atoms with Crippen LogP contribution in [0.4, 0.5) is 8.78 Å². The van der Waals surface area contributed by atoms with Crippen molar-refractivity contribution in [3.63, 3.8) is 0 Å². The Balaban J connectivity index is 1.51. The van der Waals surface area contributed by atoms with Gasteiger partial charge in [0.2, 0.25) is 6.79 Å². The van der Waals surface area contributed by atoms with Gasteiger partial charge in [0.1, 0.15) is 17.3 Å². The Morgan fingerprint density at radius 3 is 2.44 bits per heavy atom. The number of benzene rings is 3. The van der Waals surface area contributed by atoms with E-state index in [9.17, 15) is 8.78 Å². The topological polar surface area (TPSA) is 61.1 Å². The molecular weight excluding hydrogens is 526 g/mol. The summed E-state index contributed by atoms with van der Waals surface area (Å²) in [6, 6.07) is 23.0. The largest absolute Gasteiger partial charge is 0.454 e. The molecule has 9 heteroatoms. The Morgan fingerprint density at radius 1 is 0.976 bits per heavy atom. The third-order valence-electron chi connectivity index (χ3n) is 6.89. The van der Waals surface area contributed by atoms with Gasteiger partial charge in [-0.1, -0.05) is 61.9 Å². The normalized spacial score (nSPS) is 12.6. The summed E-state index contributed by atoms with van der Waals surface area (Å²) in [6.07, 6.45) is 3.89. The second-order valence-corrected chi connectivity index (χ2v) is 9.88. The molecule has 0 saturated heterocycles. The van der Waals surface area contributed by atoms with Crippen LogP contribution in [0.2, 0.25) is 0 Å². The molecule has 2 heterocycles. The summed E-state index contributed by atoms with van der Waals surface area (Å²) in [5, 5.41) is 0. The van der Waals surface area contributed by atoms with Crippen LogP contribution in [0, 0.1) is 0 Å². The number of halogens is 2. The molecular formula is C32H34F2N4O3. The molecule has 0 spiro atoms. The molecule has 1 aliphatic rings. The maximum atomic E-state index is 12.7. The van der Waals surface area contributed by atoms with Gasteiger partial charge in [-0.15, -0.1) is 0 Å². The molecule has 0 radical (unpaired) electrons. The Kier molecular flexibility index (Phi) is 9.26. The maximum Gasteiger partial charge on any atom is 0.387 e. The van der Waals surface area contributed by atoms with Gasteiger partial charge in [0, 0.05) is 45.0 Å². The van der Waals surface area contributed by atoms with Gasteiger partial charge in [-0.05, 0) is 41.8 Å². The van der Waals surface area contributed by atoms with Crippen LogP contribution in [-0.2, 0) is 26.2 Å². The summed E-state index contributed by atoms with van der Waals surface area (Å²) < 4.78 is 43.4. The number of ether oxygens (including phenoxy) is 3. The summed E-state index contributed by atoms with van der Waals surface area (Å²) in [5.74, 6) is 2.52. The van der Waals surface area contributed by atoms with E-state index < -0.39 is 6.61 Å². The van der Waals surface area contributed by atoms with Gasteiger partial charge in [0.05, 0.1) is 5.69 Å². The fourth-order valence-electron chi connectivity index (χ4n) is 4.97. The average Bonchev–Trinajstić information content (AvgIpc) is 3.57. The zero-order valence-electron chi connectivity index (χ0n) is 23.3. The smallest absolute Gasteiger partial charge is 0.387 e. The van der Waals surface area contributed by atoms with E-state index in [4.69, 9.17) is 14.5 Å². The number of nitrogens with zero attached hydrogens (tertiary/aromatic N) is 4. The fraction of sp³-hybridized carbons (Fsp3) is 0.312. The van der Waals surface area contributed by atoms with E-state index >= 15 is 0 Å². The Bertz CT molecular complexity index is 1460. The predicted octanol–water partition coefficient (Wildman–Crippen LogP) is 6.93. The van der Waals surface area contributed by atoms with E-state index in [1.807, 2.05) is 54.7 Å². The van der Waals surface area contributed by atoms with Crippen LogP contribution in [0.3, 0.4) is 0 Å². The number of imidazole rings is 1. The molecule has 3 aromatic carbocycles. The number of unbranched alkanes of at least 4 members (excludes halogenated alkanes) is 1. The van der Waals surface area contributed by atoms with Crippen molar-refractivity contribution in [2.45, 2.75) is 52.6 Å². The molecule has 0 N–H and O–H groups in total. The van der Waals surface area contributed by atoms with Gasteiger partial charge in [-0.2, -0.15) is 8.78 Å². The fourth-order valence-corrected chi connectivity index (χ4v) is 4.97. The quantitative estimate of drug-likeness (QED) is 0.166. The number of rotatable bonds is 13. The summed E-state index contributed by atoms with van der Waals surface area (Å²) in [5.41, 5.74) is 5.00. The van der Waals surface area contributed by atoms with E-state index in [1.165, 1.54) is 0 Å². The lowest BCUT2D eigenvalue weighted by Crippen LogP contribution is -2.25. The standard InChI is InChI=1S/C32H34F2N4O3/c1-3-4-16-38-28(27(18-35-2)36-31(38)25-8-6-5-7-9-25)21-37(19-23-10-13-26(14-11-23)41-32(33)34)20-24-12-15-29-30(17-24)40-22-39-29/h5-15,17-18,32H,3-4,16,19-22H2,1-2H3. The highest BCUT2D eigenvalue weighted by Crippen LogP contribution is 2.33. The average molecular weight is 561 g/mol. The molecule has 1 aliphatic heterocycles. The molecule has 0 unspecified atom stereocenters. The third kappa shape index (κ3) is 7.10. The lowest BCUT2D eigenvalue weighted by Gasteiger charge is -2.24. The van der Waals surface area contributed by atoms with E-state index in [2.05, 4.69) is 38.3 Å². The van der Waals surface area contributed by atoms with Crippen LogP contribution >= 0.6 is 0 Å².